The molecule has 230 valence electrons. The second-order valence-electron chi connectivity index (χ2n) is 12.5. The molecule has 4 heterocycles. The SMILES string of the molecule is Cn1cc(-c2ncnc3c2COc2c(cc(C4CN(C(=O)OC(C)(C)C)C4)cc2C(F)(F)F)N3C(=O)OC(C)(C)C)cn1. The number of benzene rings is 1. The molecule has 0 aliphatic carbocycles. The van der Waals surface area contributed by atoms with Gasteiger partial charge >= 0.3 is 18.4 Å². The first-order chi connectivity index (χ1) is 19.9. The third kappa shape index (κ3) is 6.22. The highest BCUT2D eigenvalue weighted by molar-refractivity contribution is 5.99. The van der Waals surface area contributed by atoms with E-state index in [-0.39, 0.29) is 42.3 Å². The molecule has 43 heavy (non-hydrogen) atoms. The first-order valence-electron chi connectivity index (χ1n) is 13.6. The molecule has 0 radical (unpaired) electrons. The Hall–Kier alpha value is -4.36. The van der Waals surface area contributed by atoms with E-state index in [0.29, 0.717) is 11.3 Å². The fourth-order valence-corrected chi connectivity index (χ4v) is 4.84. The number of aryl methyl sites for hydroxylation is 1. The van der Waals surface area contributed by atoms with Gasteiger partial charge in [0.05, 0.1) is 28.7 Å². The van der Waals surface area contributed by atoms with Crippen molar-refractivity contribution in [3.63, 3.8) is 0 Å². The van der Waals surface area contributed by atoms with E-state index in [0.717, 1.165) is 11.0 Å². The summed E-state index contributed by atoms with van der Waals surface area (Å²) in [4.78, 5) is 37.4. The normalized spacial score (nSPS) is 15.6. The molecule has 0 bridgehead atoms. The summed E-state index contributed by atoms with van der Waals surface area (Å²) < 4.78 is 62.3. The van der Waals surface area contributed by atoms with E-state index < -0.39 is 46.8 Å². The molecule has 0 unspecified atom stereocenters. The van der Waals surface area contributed by atoms with Gasteiger partial charge in [0.1, 0.15) is 24.1 Å². The van der Waals surface area contributed by atoms with E-state index in [1.165, 1.54) is 17.3 Å². The predicted molar refractivity (Wildman–Crippen MR) is 149 cm³/mol. The molecule has 3 aromatic rings. The van der Waals surface area contributed by atoms with Gasteiger partial charge in [-0.25, -0.2) is 24.5 Å². The van der Waals surface area contributed by atoms with Crippen molar-refractivity contribution in [2.24, 2.45) is 7.05 Å². The van der Waals surface area contributed by atoms with Gasteiger partial charge in [0.25, 0.3) is 0 Å². The van der Waals surface area contributed by atoms with Crippen molar-refractivity contribution in [3.05, 3.63) is 47.5 Å². The van der Waals surface area contributed by atoms with Crippen LogP contribution in [0.4, 0.5) is 34.3 Å². The molecule has 2 amide bonds. The number of amides is 2. The predicted octanol–water partition coefficient (Wildman–Crippen LogP) is 6.20. The summed E-state index contributed by atoms with van der Waals surface area (Å²) in [6.45, 7) is 10.1. The van der Waals surface area contributed by atoms with Crippen molar-refractivity contribution in [2.45, 2.75) is 71.4 Å². The maximum Gasteiger partial charge on any atom is 0.420 e. The largest absolute Gasteiger partial charge is 0.486 e. The number of alkyl halides is 3. The topological polar surface area (TPSA) is 112 Å². The number of halogens is 3. The van der Waals surface area contributed by atoms with E-state index in [9.17, 15) is 22.8 Å². The number of likely N-dealkylation sites (tertiary alicyclic amines) is 1. The Morgan fingerprint density at radius 3 is 2.21 bits per heavy atom. The number of hydrogen-bond donors (Lipinski definition) is 0. The van der Waals surface area contributed by atoms with Crippen LogP contribution in [0.3, 0.4) is 0 Å². The monoisotopic (exact) mass is 602 g/mol. The molecule has 11 nitrogen and oxygen atoms in total. The molecule has 0 N–H and O–H groups in total. The van der Waals surface area contributed by atoms with Crippen LogP contribution in [0, 0.1) is 0 Å². The van der Waals surface area contributed by atoms with E-state index >= 15 is 0 Å². The van der Waals surface area contributed by atoms with Crippen LogP contribution < -0.4 is 9.64 Å². The van der Waals surface area contributed by atoms with Crippen LogP contribution in [0.25, 0.3) is 11.3 Å². The summed E-state index contributed by atoms with van der Waals surface area (Å²) in [6, 6.07) is 2.47. The Kier molecular flexibility index (Phi) is 7.30. The van der Waals surface area contributed by atoms with Gasteiger partial charge in [0, 0.05) is 37.8 Å². The molecule has 0 atom stereocenters. The molecular formula is C29H33F3N6O5. The quantitative estimate of drug-likeness (QED) is 0.341. The van der Waals surface area contributed by atoms with Gasteiger partial charge in [-0.05, 0) is 59.2 Å². The van der Waals surface area contributed by atoms with E-state index in [4.69, 9.17) is 14.2 Å². The Labute approximate surface area is 246 Å². The number of aromatic nitrogens is 4. The molecule has 1 saturated heterocycles. The Bertz CT molecular complexity index is 1570. The van der Waals surface area contributed by atoms with Crippen molar-refractivity contribution in [3.8, 4) is 17.0 Å². The smallest absolute Gasteiger partial charge is 0.420 e. The number of nitrogens with zero attached hydrogens (tertiary/aromatic N) is 6. The highest BCUT2D eigenvalue weighted by Crippen LogP contribution is 2.49. The van der Waals surface area contributed by atoms with Gasteiger partial charge in [0.15, 0.2) is 11.6 Å². The molecule has 2 aromatic heterocycles. The maximum atomic E-state index is 14.6. The number of carbonyl (C=O) groups is 2. The summed E-state index contributed by atoms with van der Waals surface area (Å²) >= 11 is 0. The molecule has 14 heteroatoms. The first kappa shape index (κ1) is 30.1. The lowest BCUT2D eigenvalue weighted by molar-refractivity contribution is -0.139. The summed E-state index contributed by atoms with van der Waals surface area (Å²) in [6.07, 6.45) is -1.87. The summed E-state index contributed by atoms with van der Waals surface area (Å²) in [7, 11) is 1.71. The zero-order chi connectivity index (χ0) is 31.5. The lowest BCUT2D eigenvalue weighted by Crippen LogP contribution is -2.50. The fourth-order valence-electron chi connectivity index (χ4n) is 4.84. The fraction of sp³-hybridized carbons (Fsp3) is 0.483. The number of fused-ring (bicyclic) bond motifs is 2. The van der Waals surface area contributed by atoms with Crippen LogP contribution in [0.5, 0.6) is 5.75 Å². The lowest BCUT2D eigenvalue weighted by Gasteiger charge is -2.40. The van der Waals surface area contributed by atoms with Crippen molar-refractivity contribution in [2.75, 3.05) is 18.0 Å². The van der Waals surface area contributed by atoms with Crippen molar-refractivity contribution < 1.29 is 37.0 Å². The van der Waals surface area contributed by atoms with Gasteiger partial charge < -0.3 is 19.1 Å². The standard InChI is InChI=1S/C29H33F3N6O5/c1-27(2,3)42-25(39)37-12-18(13-37)16-8-20(29(30,31)32)23-21(9-16)38(26(40)43-28(4,5)6)24-19(14-41-23)22(33-15-34-24)17-10-35-36(7)11-17/h8-11,15,18H,12-14H2,1-7H3. The van der Waals surface area contributed by atoms with Crippen LogP contribution in [-0.2, 0) is 29.3 Å². The van der Waals surface area contributed by atoms with Crippen molar-refractivity contribution >= 4 is 23.7 Å². The van der Waals surface area contributed by atoms with E-state index in [1.807, 2.05) is 0 Å². The van der Waals surface area contributed by atoms with Crippen LogP contribution >= 0.6 is 0 Å². The van der Waals surface area contributed by atoms with Crippen molar-refractivity contribution in [1.29, 1.82) is 0 Å². The van der Waals surface area contributed by atoms with Gasteiger partial charge in [0.2, 0.25) is 0 Å². The lowest BCUT2D eigenvalue weighted by atomic mass is 9.89. The van der Waals surface area contributed by atoms with Crippen LogP contribution in [0.2, 0.25) is 0 Å². The summed E-state index contributed by atoms with van der Waals surface area (Å²) in [5.41, 5.74) is -1.47. The zero-order valence-electron chi connectivity index (χ0n) is 24.9. The molecule has 0 saturated carbocycles. The average molecular weight is 603 g/mol. The number of carbonyl (C=O) groups excluding carboxylic acids is 2. The molecule has 0 spiro atoms. The first-order valence-corrected chi connectivity index (χ1v) is 13.6. The molecule has 5 rings (SSSR count). The summed E-state index contributed by atoms with van der Waals surface area (Å²) in [5, 5.41) is 4.16. The molecule has 2 aliphatic heterocycles. The molecular weight excluding hydrogens is 569 g/mol. The number of ether oxygens (including phenoxy) is 3. The zero-order valence-corrected chi connectivity index (χ0v) is 24.9. The van der Waals surface area contributed by atoms with E-state index in [2.05, 4.69) is 15.1 Å². The Morgan fingerprint density at radius 2 is 1.63 bits per heavy atom. The Balaban J connectivity index is 1.64. The minimum Gasteiger partial charge on any atom is -0.486 e. The number of rotatable bonds is 2. The van der Waals surface area contributed by atoms with Gasteiger partial charge in [-0.1, -0.05) is 0 Å². The second kappa shape index (κ2) is 10.4. The van der Waals surface area contributed by atoms with Gasteiger partial charge in [-0.2, -0.15) is 18.3 Å². The van der Waals surface area contributed by atoms with Gasteiger partial charge in [-0.15, -0.1) is 0 Å². The van der Waals surface area contributed by atoms with Crippen LogP contribution in [-0.4, -0.2) is 61.1 Å². The van der Waals surface area contributed by atoms with Gasteiger partial charge in [-0.3, -0.25) is 4.68 Å². The second-order valence-corrected chi connectivity index (χ2v) is 12.5. The van der Waals surface area contributed by atoms with Crippen molar-refractivity contribution in [1.82, 2.24) is 24.6 Å². The summed E-state index contributed by atoms with van der Waals surface area (Å²) in [5.74, 6) is -0.963. The highest BCUT2D eigenvalue weighted by atomic mass is 19.4. The number of anilines is 2. The Morgan fingerprint density at radius 1 is 0.977 bits per heavy atom. The third-order valence-corrected chi connectivity index (χ3v) is 6.69. The average Bonchev–Trinajstić information content (AvgIpc) is 3.17. The van der Waals surface area contributed by atoms with Crippen LogP contribution in [0.1, 0.15) is 64.2 Å². The number of hydrogen-bond acceptors (Lipinski definition) is 8. The molecule has 1 fully saturated rings. The maximum absolute atomic E-state index is 14.6. The third-order valence-electron chi connectivity index (χ3n) is 6.69. The van der Waals surface area contributed by atoms with Crippen LogP contribution in [0.15, 0.2) is 30.9 Å². The molecule has 2 aliphatic rings. The van der Waals surface area contributed by atoms with E-state index in [1.54, 1.807) is 65.7 Å². The highest BCUT2D eigenvalue weighted by Gasteiger charge is 2.43. The molecule has 1 aromatic carbocycles. The minimum absolute atomic E-state index is 0.0242. The minimum atomic E-state index is -4.83.